The van der Waals surface area contributed by atoms with E-state index in [1.165, 1.54) is 7.05 Å². The van der Waals surface area contributed by atoms with Gasteiger partial charge in [0.05, 0.1) is 0 Å². The number of aromatic nitrogens is 2. The predicted molar refractivity (Wildman–Crippen MR) is 90.5 cm³/mol. The first-order chi connectivity index (χ1) is 11.7. The molecule has 0 spiro atoms. The molecule has 0 saturated carbocycles. The van der Waals surface area contributed by atoms with Crippen LogP contribution in [0, 0.1) is 0 Å². The molecular formula is C17H20N4O3. The van der Waals surface area contributed by atoms with Crippen LogP contribution in [0.2, 0.25) is 0 Å². The number of carbonyl (C=O) groups excluding carboxylic acids is 3. The molecule has 1 aliphatic rings. The number of benzene rings is 1. The Morgan fingerprint density at radius 2 is 2.12 bits per heavy atom. The van der Waals surface area contributed by atoms with E-state index in [9.17, 15) is 14.4 Å². The first-order valence-electron chi connectivity index (χ1n) is 7.82. The lowest BCUT2D eigenvalue weighted by molar-refractivity contribution is 0.0956. The van der Waals surface area contributed by atoms with E-state index in [1.54, 1.807) is 29.2 Å². The van der Waals surface area contributed by atoms with E-state index in [2.05, 4.69) is 15.5 Å². The number of fused-ring (bicyclic) bond motifs is 1. The molecule has 0 saturated heterocycles. The summed E-state index contributed by atoms with van der Waals surface area (Å²) in [6, 6.07) is 6.83. The Morgan fingerprint density at radius 3 is 2.79 bits per heavy atom. The Bertz CT molecular complexity index is 767. The van der Waals surface area contributed by atoms with Crippen LogP contribution >= 0.6 is 0 Å². The maximum atomic E-state index is 12.6. The molecule has 3 rings (SSSR count). The lowest BCUT2D eigenvalue weighted by Crippen LogP contribution is -2.38. The van der Waals surface area contributed by atoms with Crippen LogP contribution in [0.1, 0.15) is 50.7 Å². The average Bonchev–Trinajstić information content (AvgIpc) is 3.08. The minimum Gasteiger partial charge on any atom is -0.354 e. The van der Waals surface area contributed by atoms with E-state index in [1.807, 2.05) is 13.8 Å². The summed E-state index contributed by atoms with van der Waals surface area (Å²) in [5.74, 6) is -0.575. The highest BCUT2D eigenvalue weighted by Gasteiger charge is 2.31. The summed E-state index contributed by atoms with van der Waals surface area (Å²) >= 11 is 0. The molecule has 0 bridgehead atoms. The molecule has 126 valence electrons. The lowest BCUT2D eigenvalue weighted by atomic mass is 10.0. The molecule has 2 amide bonds. The number of aldehydes is 1. The van der Waals surface area contributed by atoms with Crippen LogP contribution in [0.25, 0.3) is 0 Å². The standard InChI is InChI=1S/C15H14N4O3.C2H6/c1-16-14(21)12-11-5-6-19(15(22)13(11)18-17-12)10-4-2-3-9(7-10)8-20;1-2/h2-4,7-8H,5-6H2,1H3,(H,16,21)(H,17,18);1-2H3. The van der Waals surface area contributed by atoms with E-state index >= 15 is 0 Å². The Labute approximate surface area is 140 Å². The molecule has 1 aliphatic heterocycles. The number of carbonyl (C=O) groups is 3. The zero-order chi connectivity index (χ0) is 17.7. The normalized spacial score (nSPS) is 12.8. The summed E-state index contributed by atoms with van der Waals surface area (Å²) in [6.07, 6.45) is 1.26. The van der Waals surface area contributed by atoms with Gasteiger partial charge in [0.1, 0.15) is 12.0 Å². The monoisotopic (exact) mass is 328 g/mol. The van der Waals surface area contributed by atoms with Gasteiger partial charge in [-0.3, -0.25) is 19.5 Å². The zero-order valence-corrected chi connectivity index (χ0v) is 13.9. The van der Waals surface area contributed by atoms with Crippen LogP contribution in [0.5, 0.6) is 0 Å². The second-order valence-electron chi connectivity index (χ2n) is 4.92. The quantitative estimate of drug-likeness (QED) is 0.840. The van der Waals surface area contributed by atoms with Crippen molar-refractivity contribution in [3.63, 3.8) is 0 Å². The van der Waals surface area contributed by atoms with Gasteiger partial charge >= 0.3 is 0 Å². The molecule has 0 unspecified atom stereocenters. The minimum absolute atomic E-state index is 0.257. The van der Waals surface area contributed by atoms with Crippen molar-refractivity contribution in [1.82, 2.24) is 15.5 Å². The maximum absolute atomic E-state index is 12.6. The molecule has 2 heterocycles. The summed E-state index contributed by atoms with van der Waals surface area (Å²) in [5.41, 5.74) is 2.36. The third kappa shape index (κ3) is 3.05. The van der Waals surface area contributed by atoms with E-state index in [4.69, 9.17) is 0 Å². The number of nitrogens with one attached hydrogen (secondary N) is 2. The molecule has 0 radical (unpaired) electrons. The fourth-order valence-corrected chi connectivity index (χ4v) is 2.56. The van der Waals surface area contributed by atoms with Gasteiger partial charge in [0.2, 0.25) is 0 Å². The number of hydrogen-bond acceptors (Lipinski definition) is 4. The van der Waals surface area contributed by atoms with Gasteiger partial charge in [-0.2, -0.15) is 5.10 Å². The van der Waals surface area contributed by atoms with Crippen molar-refractivity contribution in [2.24, 2.45) is 0 Å². The van der Waals surface area contributed by atoms with Gasteiger partial charge in [-0.1, -0.05) is 26.0 Å². The highest BCUT2D eigenvalue weighted by atomic mass is 16.2. The second kappa shape index (κ2) is 7.54. The first-order valence-corrected chi connectivity index (χ1v) is 7.82. The van der Waals surface area contributed by atoms with Crippen molar-refractivity contribution in [2.45, 2.75) is 20.3 Å². The number of nitrogens with zero attached hydrogens (tertiary/aromatic N) is 2. The lowest BCUT2D eigenvalue weighted by Gasteiger charge is -2.26. The van der Waals surface area contributed by atoms with Crippen LogP contribution in [-0.2, 0) is 6.42 Å². The summed E-state index contributed by atoms with van der Waals surface area (Å²) in [6.45, 7) is 4.43. The number of anilines is 1. The Hall–Kier alpha value is -2.96. The summed E-state index contributed by atoms with van der Waals surface area (Å²) in [7, 11) is 1.52. The van der Waals surface area contributed by atoms with Crippen molar-refractivity contribution in [2.75, 3.05) is 18.5 Å². The SMILES string of the molecule is CC.CNC(=O)c1n[nH]c2c1CCN(c1cccc(C=O)c1)C2=O. The smallest absolute Gasteiger partial charge is 0.276 e. The Kier molecular flexibility index (Phi) is 5.47. The van der Waals surface area contributed by atoms with Gasteiger partial charge in [-0.15, -0.1) is 0 Å². The van der Waals surface area contributed by atoms with Crippen molar-refractivity contribution in [3.05, 3.63) is 46.8 Å². The van der Waals surface area contributed by atoms with Crippen molar-refractivity contribution in [1.29, 1.82) is 0 Å². The number of aromatic amines is 1. The molecule has 0 atom stereocenters. The van der Waals surface area contributed by atoms with Gasteiger partial charge < -0.3 is 10.2 Å². The topological polar surface area (TPSA) is 95.2 Å². The van der Waals surface area contributed by atoms with Crippen LogP contribution in [0.15, 0.2) is 24.3 Å². The van der Waals surface area contributed by atoms with E-state index in [0.29, 0.717) is 35.5 Å². The van der Waals surface area contributed by atoms with E-state index < -0.39 is 0 Å². The third-order valence-electron chi connectivity index (χ3n) is 3.67. The number of amides is 2. The summed E-state index contributed by atoms with van der Waals surface area (Å²) in [5, 5.41) is 9.09. The molecule has 1 aromatic carbocycles. The van der Waals surface area contributed by atoms with Gasteiger partial charge in [0.15, 0.2) is 5.69 Å². The minimum atomic E-state index is -0.318. The van der Waals surface area contributed by atoms with Gasteiger partial charge in [0, 0.05) is 30.4 Å². The highest BCUT2D eigenvalue weighted by Crippen LogP contribution is 2.25. The predicted octanol–water partition coefficient (Wildman–Crippen LogP) is 1.81. The number of hydrogen-bond donors (Lipinski definition) is 2. The fourth-order valence-electron chi connectivity index (χ4n) is 2.56. The van der Waals surface area contributed by atoms with Crippen molar-refractivity contribution >= 4 is 23.8 Å². The van der Waals surface area contributed by atoms with E-state index in [-0.39, 0.29) is 17.5 Å². The largest absolute Gasteiger partial charge is 0.354 e. The zero-order valence-electron chi connectivity index (χ0n) is 13.9. The molecule has 0 aliphatic carbocycles. The average molecular weight is 328 g/mol. The van der Waals surface area contributed by atoms with Gasteiger partial charge in [-0.25, -0.2) is 0 Å². The fraction of sp³-hybridized carbons (Fsp3) is 0.294. The van der Waals surface area contributed by atoms with Crippen LogP contribution in [0.4, 0.5) is 5.69 Å². The number of H-pyrrole nitrogens is 1. The molecule has 7 heteroatoms. The highest BCUT2D eigenvalue weighted by molar-refractivity contribution is 6.09. The second-order valence-corrected chi connectivity index (χ2v) is 4.92. The summed E-state index contributed by atoms with van der Waals surface area (Å²) in [4.78, 5) is 36.7. The van der Waals surface area contributed by atoms with Crippen LogP contribution in [0.3, 0.4) is 0 Å². The van der Waals surface area contributed by atoms with Crippen LogP contribution in [-0.4, -0.2) is 41.9 Å². The maximum Gasteiger partial charge on any atom is 0.276 e. The van der Waals surface area contributed by atoms with Crippen molar-refractivity contribution in [3.8, 4) is 0 Å². The Morgan fingerprint density at radius 1 is 1.38 bits per heavy atom. The molecule has 24 heavy (non-hydrogen) atoms. The molecule has 7 nitrogen and oxygen atoms in total. The summed E-state index contributed by atoms with van der Waals surface area (Å²) < 4.78 is 0. The molecule has 2 aromatic rings. The molecular weight excluding hydrogens is 308 g/mol. The Balaban J connectivity index is 0.00000100. The third-order valence-corrected chi connectivity index (χ3v) is 3.67. The van der Waals surface area contributed by atoms with Gasteiger partial charge in [0.25, 0.3) is 11.8 Å². The van der Waals surface area contributed by atoms with Crippen molar-refractivity contribution < 1.29 is 14.4 Å². The van der Waals surface area contributed by atoms with Gasteiger partial charge in [-0.05, 0) is 18.6 Å². The number of rotatable bonds is 3. The van der Waals surface area contributed by atoms with E-state index in [0.717, 1.165) is 6.29 Å². The molecule has 1 aromatic heterocycles. The molecule has 0 fully saturated rings. The van der Waals surface area contributed by atoms with Crippen LogP contribution < -0.4 is 10.2 Å². The molecule has 2 N–H and O–H groups in total. The first kappa shape index (κ1) is 17.4.